The molecule has 3 heterocycles. The Balaban J connectivity index is 1.30. The Bertz CT molecular complexity index is 950. The quantitative estimate of drug-likeness (QED) is 0.773. The Morgan fingerprint density at radius 3 is 2.61 bits per heavy atom. The van der Waals surface area contributed by atoms with Crippen LogP contribution in [0.4, 0.5) is 13.2 Å². The second-order valence-electron chi connectivity index (χ2n) is 6.97. The molecular formula is C18H17F3N4O3. The van der Waals surface area contributed by atoms with Crippen LogP contribution in [0.5, 0.6) is 5.75 Å². The number of pyridine rings is 1. The van der Waals surface area contributed by atoms with Crippen molar-refractivity contribution in [3.05, 3.63) is 52.5 Å². The van der Waals surface area contributed by atoms with Gasteiger partial charge in [-0.05, 0) is 18.9 Å². The second-order valence-corrected chi connectivity index (χ2v) is 6.97. The molecule has 0 atom stereocenters. The lowest BCUT2D eigenvalue weighted by molar-refractivity contribution is -0.141. The van der Waals surface area contributed by atoms with Gasteiger partial charge in [0, 0.05) is 24.2 Å². The molecule has 1 saturated carbocycles. The lowest BCUT2D eigenvalue weighted by Crippen LogP contribution is -2.57. The van der Waals surface area contributed by atoms with Gasteiger partial charge in [0.2, 0.25) is 5.91 Å². The number of nitrogens with zero attached hydrogens (tertiary/aromatic N) is 4. The highest BCUT2D eigenvalue weighted by Crippen LogP contribution is 2.38. The number of alkyl halides is 3. The molecule has 1 aliphatic heterocycles. The smallest absolute Gasteiger partial charge is 0.433 e. The highest BCUT2D eigenvalue weighted by molar-refractivity contribution is 5.77. The lowest BCUT2D eigenvalue weighted by Gasteiger charge is -2.39. The summed E-state index contributed by atoms with van der Waals surface area (Å²) in [5, 5.41) is 0. The van der Waals surface area contributed by atoms with Gasteiger partial charge in [-0.15, -0.1) is 0 Å². The zero-order chi connectivity index (χ0) is 19.9. The predicted octanol–water partition coefficient (Wildman–Crippen LogP) is 1.82. The molecule has 28 heavy (non-hydrogen) atoms. The van der Waals surface area contributed by atoms with Crippen molar-refractivity contribution in [3.63, 3.8) is 0 Å². The third-order valence-corrected chi connectivity index (χ3v) is 4.73. The van der Waals surface area contributed by atoms with E-state index in [1.165, 1.54) is 27.9 Å². The normalized spacial score (nSPS) is 17.3. The minimum Gasteiger partial charge on any atom is -0.487 e. The van der Waals surface area contributed by atoms with E-state index in [4.69, 9.17) is 4.74 Å². The van der Waals surface area contributed by atoms with E-state index in [9.17, 15) is 22.8 Å². The van der Waals surface area contributed by atoms with Gasteiger partial charge in [0.25, 0.3) is 5.56 Å². The highest BCUT2D eigenvalue weighted by atomic mass is 19.4. The number of rotatable bonds is 5. The molecule has 2 aliphatic rings. The number of hydrogen-bond donors (Lipinski definition) is 0. The van der Waals surface area contributed by atoms with Gasteiger partial charge in [-0.2, -0.15) is 13.2 Å². The van der Waals surface area contributed by atoms with E-state index in [1.807, 2.05) is 0 Å². The number of likely N-dealkylation sites (tertiary alicyclic amines) is 1. The van der Waals surface area contributed by atoms with Crippen LogP contribution in [0.15, 0.2) is 35.5 Å². The number of hydrogen-bond acceptors (Lipinski definition) is 5. The van der Waals surface area contributed by atoms with Crippen molar-refractivity contribution in [1.82, 2.24) is 19.4 Å². The molecule has 0 radical (unpaired) electrons. The van der Waals surface area contributed by atoms with Crippen LogP contribution >= 0.6 is 0 Å². The number of carbonyl (C=O) groups is 1. The molecule has 2 fully saturated rings. The molecule has 10 heteroatoms. The maximum Gasteiger partial charge on any atom is 0.433 e. The summed E-state index contributed by atoms with van der Waals surface area (Å²) >= 11 is 0. The monoisotopic (exact) mass is 394 g/mol. The predicted molar refractivity (Wildman–Crippen MR) is 90.7 cm³/mol. The fraction of sp³-hybridized carbons (Fsp3) is 0.444. The Kier molecular flexibility index (Phi) is 4.56. The summed E-state index contributed by atoms with van der Waals surface area (Å²) in [7, 11) is 0. The zero-order valence-corrected chi connectivity index (χ0v) is 14.7. The third kappa shape index (κ3) is 4.00. The number of amides is 1. The molecule has 0 spiro atoms. The van der Waals surface area contributed by atoms with Gasteiger partial charge in [0.05, 0.1) is 25.1 Å². The van der Waals surface area contributed by atoms with Crippen LogP contribution in [0, 0.1) is 0 Å². The number of ether oxygens (including phenoxy) is 1. The Morgan fingerprint density at radius 1 is 1.21 bits per heavy atom. The molecule has 2 aromatic rings. The average molecular weight is 394 g/mol. The van der Waals surface area contributed by atoms with Crippen molar-refractivity contribution in [3.8, 4) is 5.75 Å². The summed E-state index contributed by atoms with van der Waals surface area (Å²) in [5.41, 5.74) is -0.532. The number of aromatic nitrogens is 3. The van der Waals surface area contributed by atoms with Crippen LogP contribution in [-0.2, 0) is 17.5 Å². The van der Waals surface area contributed by atoms with E-state index in [0.717, 1.165) is 30.8 Å². The van der Waals surface area contributed by atoms with Crippen LogP contribution in [0.1, 0.15) is 30.1 Å². The van der Waals surface area contributed by atoms with Crippen LogP contribution < -0.4 is 10.3 Å². The molecule has 2 aromatic heterocycles. The van der Waals surface area contributed by atoms with Crippen molar-refractivity contribution in [2.75, 3.05) is 13.1 Å². The Morgan fingerprint density at radius 2 is 1.96 bits per heavy atom. The number of carbonyl (C=O) groups excluding carboxylic acids is 1. The topological polar surface area (TPSA) is 77.3 Å². The van der Waals surface area contributed by atoms with E-state index in [1.54, 1.807) is 0 Å². The van der Waals surface area contributed by atoms with E-state index in [-0.39, 0.29) is 36.9 Å². The largest absolute Gasteiger partial charge is 0.487 e. The van der Waals surface area contributed by atoms with E-state index < -0.39 is 18.0 Å². The van der Waals surface area contributed by atoms with Gasteiger partial charge in [-0.25, -0.2) is 4.98 Å². The van der Waals surface area contributed by atoms with Gasteiger partial charge in [0.1, 0.15) is 24.1 Å². The summed E-state index contributed by atoms with van der Waals surface area (Å²) in [6.45, 7) is 0.354. The van der Waals surface area contributed by atoms with Crippen molar-refractivity contribution >= 4 is 5.91 Å². The molecule has 4 rings (SSSR count). The van der Waals surface area contributed by atoms with Gasteiger partial charge >= 0.3 is 6.18 Å². The fourth-order valence-electron chi connectivity index (χ4n) is 2.96. The molecule has 0 bridgehead atoms. The van der Waals surface area contributed by atoms with Crippen LogP contribution in [0.2, 0.25) is 0 Å². The first-order chi connectivity index (χ1) is 13.3. The van der Waals surface area contributed by atoms with Crippen molar-refractivity contribution in [1.29, 1.82) is 0 Å². The standard InChI is InChI=1S/C18H17F3N4O3/c19-18(20,21)15-5-12(3-4-22-15)28-13-7-24(8-13)17(27)9-25-10-23-14(6-16(25)26)11-1-2-11/h3-6,10-11,13H,1-2,7-9H2. The SMILES string of the molecule is O=C(Cn1cnc(C2CC2)cc1=O)N1CC(Oc2ccnc(C(F)(F)F)c2)C1. The Labute approximate surface area is 157 Å². The molecule has 7 nitrogen and oxygen atoms in total. The Hall–Kier alpha value is -2.91. The van der Waals surface area contributed by atoms with E-state index in [0.29, 0.717) is 5.92 Å². The summed E-state index contributed by atoms with van der Waals surface area (Å²) < 4.78 is 44.8. The van der Waals surface area contributed by atoms with E-state index in [2.05, 4.69) is 9.97 Å². The molecule has 148 valence electrons. The molecule has 0 aromatic carbocycles. The zero-order valence-electron chi connectivity index (χ0n) is 14.7. The average Bonchev–Trinajstić information content (AvgIpc) is 3.44. The van der Waals surface area contributed by atoms with Crippen LogP contribution in [-0.4, -0.2) is 44.5 Å². The fourth-order valence-corrected chi connectivity index (χ4v) is 2.96. The highest BCUT2D eigenvalue weighted by Gasteiger charge is 2.35. The first kappa shape index (κ1) is 18.5. The summed E-state index contributed by atoms with van der Waals surface area (Å²) in [6, 6.07) is 3.64. The van der Waals surface area contributed by atoms with Crippen LogP contribution in [0.3, 0.4) is 0 Å². The van der Waals surface area contributed by atoms with Gasteiger partial charge < -0.3 is 9.64 Å². The molecule has 1 aliphatic carbocycles. The summed E-state index contributed by atoms with van der Waals surface area (Å²) in [6.07, 6.45) is -0.461. The summed E-state index contributed by atoms with van der Waals surface area (Å²) in [5.74, 6) is 0.140. The molecule has 0 N–H and O–H groups in total. The minimum atomic E-state index is -4.54. The molecular weight excluding hydrogens is 377 g/mol. The molecule has 1 saturated heterocycles. The van der Waals surface area contributed by atoms with Crippen molar-refractivity contribution < 1.29 is 22.7 Å². The van der Waals surface area contributed by atoms with E-state index >= 15 is 0 Å². The third-order valence-electron chi connectivity index (χ3n) is 4.73. The van der Waals surface area contributed by atoms with Crippen molar-refractivity contribution in [2.45, 2.75) is 37.6 Å². The first-order valence-electron chi connectivity index (χ1n) is 8.83. The molecule has 1 amide bonds. The van der Waals surface area contributed by atoms with Gasteiger partial charge in [-0.1, -0.05) is 0 Å². The van der Waals surface area contributed by atoms with Gasteiger partial charge in [0.15, 0.2) is 0 Å². The first-order valence-corrected chi connectivity index (χ1v) is 8.83. The van der Waals surface area contributed by atoms with Crippen molar-refractivity contribution in [2.24, 2.45) is 0 Å². The second kappa shape index (κ2) is 6.92. The summed E-state index contributed by atoms with van der Waals surface area (Å²) in [4.78, 5) is 33.4. The molecule has 0 unspecified atom stereocenters. The maximum absolute atomic E-state index is 12.7. The number of halogens is 3. The minimum absolute atomic E-state index is 0.0514. The maximum atomic E-state index is 12.7. The lowest BCUT2D eigenvalue weighted by atomic mass is 10.1. The van der Waals surface area contributed by atoms with Crippen LogP contribution in [0.25, 0.3) is 0 Å². The van der Waals surface area contributed by atoms with Gasteiger partial charge in [-0.3, -0.25) is 19.1 Å².